The minimum absolute atomic E-state index is 0.0865. The van der Waals surface area contributed by atoms with Gasteiger partial charge in [0.1, 0.15) is 0 Å². The highest BCUT2D eigenvalue weighted by atomic mass is 28.4. The van der Waals surface area contributed by atoms with Crippen LogP contribution in [0.25, 0.3) is 0 Å². The molecule has 0 aliphatic heterocycles. The first-order valence-corrected chi connectivity index (χ1v) is 4.71. The Morgan fingerprint density at radius 1 is 1.20 bits per heavy atom. The second kappa shape index (κ2) is 4.04. The van der Waals surface area contributed by atoms with Crippen LogP contribution in [0.5, 0.6) is 0 Å². The van der Waals surface area contributed by atoms with Crippen molar-refractivity contribution in [3.63, 3.8) is 0 Å². The Morgan fingerprint density at radius 3 is 1.70 bits per heavy atom. The van der Waals surface area contributed by atoms with Crippen molar-refractivity contribution in [1.29, 1.82) is 0 Å². The molecule has 1 N–H and O–H groups in total. The molecule has 0 bridgehead atoms. The minimum atomic E-state index is -3.26. The summed E-state index contributed by atoms with van der Waals surface area (Å²) in [5.41, 5.74) is 0. The number of hydrogen-bond acceptors (Lipinski definition) is 4. The lowest BCUT2D eigenvalue weighted by Crippen LogP contribution is -2.45. The van der Waals surface area contributed by atoms with Crippen molar-refractivity contribution in [2.24, 2.45) is 0 Å². The van der Waals surface area contributed by atoms with Crippen LogP contribution in [0, 0.1) is 0 Å². The van der Waals surface area contributed by atoms with Crippen molar-refractivity contribution in [3.8, 4) is 0 Å². The fraction of sp³-hybridized carbons (Fsp3) is 1.00. The molecule has 0 saturated carbocycles. The van der Waals surface area contributed by atoms with Crippen LogP contribution < -0.4 is 0 Å². The summed E-state index contributed by atoms with van der Waals surface area (Å²) in [6.45, 7) is 3.60. The van der Waals surface area contributed by atoms with Gasteiger partial charge in [0, 0.05) is 20.3 Å². The molecule has 0 aromatic heterocycles. The van der Waals surface area contributed by atoms with E-state index in [9.17, 15) is 4.80 Å². The summed E-state index contributed by atoms with van der Waals surface area (Å²) >= 11 is 0. The average Bonchev–Trinajstić information content (AvgIpc) is 1.87. The maximum Gasteiger partial charge on any atom is 0.676 e. The quantitative estimate of drug-likeness (QED) is 0.603. The summed E-state index contributed by atoms with van der Waals surface area (Å²) in [5.74, 6) is 0. The second-order valence-corrected chi connectivity index (χ2v) is 4.20. The van der Waals surface area contributed by atoms with Gasteiger partial charge in [-0.15, -0.1) is 0 Å². The third-order valence-corrected chi connectivity index (χ3v) is 2.70. The summed E-state index contributed by atoms with van der Waals surface area (Å²) in [4.78, 5) is 9.27. The third kappa shape index (κ3) is 3.28. The molecule has 0 atom stereocenters. The highest BCUT2D eigenvalue weighted by Crippen LogP contribution is 2.05. The molecule has 0 aromatic rings. The van der Waals surface area contributed by atoms with E-state index in [-0.39, 0.29) is 6.10 Å². The lowest BCUT2D eigenvalue weighted by Gasteiger charge is -2.20. The zero-order chi connectivity index (χ0) is 8.20. The Bertz CT molecular complexity index is 91.6. The molecule has 0 rings (SSSR count). The molecule has 4 nitrogen and oxygen atoms in total. The molecule has 0 aromatic carbocycles. The Morgan fingerprint density at radius 2 is 1.60 bits per heavy atom. The second-order valence-electron chi connectivity index (χ2n) is 2.10. The average molecular weight is 166 g/mol. The smallest absolute Gasteiger partial charge is 0.367 e. The fourth-order valence-corrected chi connectivity index (χ4v) is 1.43. The summed E-state index contributed by atoms with van der Waals surface area (Å²) in [5, 5.41) is 0. The molecule has 0 fully saturated rings. The maximum absolute atomic E-state index is 9.27. The highest BCUT2D eigenvalue weighted by Gasteiger charge is 2.39. The molecule has 0 unspecified atom stereocenters. The molecule has 0 heterocycles. The van der Waals surface area contributed by atoms with E-state index >= 15 is 0 Å². The van der Waals surface area contributed by atoms with Crippen LogP contribution in [0.3, 0.4) is 0 Å². The van der Waals surface area contributed by atoms with E-state index in [1.807, 2.05) is 0 Å². The SMILES string of the molecule is CO[Si](O)(OC)OC(C)C. The number of rotatable bonds is 4. The standard InChI is InChI=1S/C5H14O4Si/c1-5(2)9-10(6,7-3)8-4/h5-6H,1-4H3. The molecular formula is C5H14O4Si. The first-order valence-electron chi connectivity index (χ1n) is 3.04. The Labute approximate surface area is 62.2 Å². The van der Waals surface area contributed by atoms with Crippen molar-refractivity contribution in [1.82, 2.24) is 0 Å². The van der Waals surface area contributed by atoms with E-state index in [0.29, 0.717) is 0 Å². The van der Waals surface area contributed by atoms with Gasteiger partial charge in [0.2, 0.25) is 0 Å². The van der Waals surface area contributed by atoms with Gasteiger partial charge in [-0.05, 0) is 13.8 Å². The van der Waals surface area contributed by atoms with Crippen LogP contribution >= 0.6 is 0 Å². The van der Waals surface area contributed by atoms with Gasteiger partial charge in [-0.1, -0.05) is 0 Å². The van der Waals surface area contributed by atoms with Crippen LogP contribution in [-0.2, 0) is 13.3 Å². The van der Waals surface area contributed by atoms with Gasteiger partial charge in [0.05, 0.1) is 0 Å². The van der Waals surface area contributed by atoms with Crippen LogP contribution in [-0.4, -0.2) is 34.2 Å². The molecule has 0 amide bonds. The highest BCUT2D eigenvalue weighted by molar-refractivity contribution is 6.51. The molecule has 0 aliphatic carbocycles. The predicted octanol–water partition coefficient (Wildman–Crippen LogP) is 0.132. The fourth-order valence-electron chi connectivity index (χ4n) is 0.477. The topological polar surface area (TPSA) is 47.9 Å². The minimum Gasteiger partial charge on any atom is -0.367 e. The molecule has 0 radical (unpaired) electrons. The van der Waals surface area contributed by atoms with E-state index < -0.39 is 9.05 Å². The maximum atomic E-state index is 9.27. The molecule has 0 saturated heterocycles. The van der Waals surface area contributed by atoms with Gasteiger partial charge in [-0.25, -0.2) is 0 Å². The van der Waals surface area contributed by atoms with Crippen molar-refractivity contribution in [3.05, 3.63) is 0 Å². The third-order valence-electron chi connectivity index (χ3n) is 0.901. The lowest BCUT2D eigenvalue weighted by molar-refractivity contribution is 0.00246. The summed E-state index contributed by atoms with van der Waals surface area (Å²) in [7, 11) is -0.542. The first kappa shape index (κ1) is 10.1. The largest absolute Gasteiger partial charge is 0.676 e. The zero-order valence-corrected chi connectivity index (χ0v) is 7.75. The van der Waals surface area contributed by atoms with E-state index in [4.69, 9.17) is 4.43 Å². The molecule has 10 heavy (non-hydrogen) atoms. The van der Waals surface area contributed by atoms with Gasteiger partial charge < -0.3 is 18.1 Å². The molecular weight excluding hydrogens is 152 g/mol. The van der Waals surface area contributed by atoms with Gasteiger partial charge in [-0.3, -0.25) is 0 Å². The first-order chi connectivity index (χ1) is 4.54. The van der Waals surface area contributed by atoms with Crippen molar-refractivity contribution in [2.75, 3.05) is 14.2 Å². The van der Waals surface area contributed by atoms with E-state index in [2.05, 4.69) is 8.85 Å². The van der Waals surface area contributed by atoms with E-state index in [1.54, 1.807) is 13.8 Å². The Balaban J connectivity index is 3.80. The molecule has 0 spiro atoms. The van der Waals surface area contributed by atoms with Crippen molar-refractivity contribution in [2.45, 2.75) is 20.0 Å². The van der Waals surface area contributed by atoms with Crippen molar-refractivity contribution < 1.29 is 18.1 Å². The number of hydrogen-bond donors (Lipinski definition) is 1. The zero-order valence-electron chi connectivity index (χ0n) is 6.75. The van der Waals surface area contributed by atoms with E-state index in [1.165, 1.54) is 14.2 Å². The monoisotopic (exact) mass is 166 g/mol. The van der Waals surface area contributed by atoms with Crippen LogP contribution in [0.2, 0.25) is 0 Å². The lowest BCUT2D eigenvalue weighted by atomic mass is 10.5. The van der Waals surface area contributed by atoms with E-state index in [0.717, 1.165) is 0 Å². The molecule has 62 valence electrons. The van der Waals surface area contributed by atoms with Crippen LogP contribution in [0.4, 0.5) is 0 Å². The molecule has 0 aliphatic rings. The summed E-state index contributed by atoms with van der Waals surface area (Å²) in [6, 6.07) is 0. The van der Waals surface area contributed by atoms with Gasteiger partial charge in [0.15, 0.2) is 0 Å². The Hall–Kier alpha value is 0.0569. The summed E-state index contributed by atoms with van der Waals surface area (Å²) < 4.78 is 14.3. The van der Waals surface area contributed by atoms with Gasteiger partial charge >= 0.3 is 9.05 Å². The summed E-state index contributed by atoms with van der Waals surface area (Å²) in [6.07, 6.45) is -0.0865. The van der Waals surface area contributed by atoms with Gasteiger partial charge in [0.25, 0.3) is 0 Å². The van der Waals surface area contributed by atoms with Crippen molar-refractivity contribution >= 4 is 9.05 Å². The van der Waals surface area contributed by atoms with Crippen LogP contribution in [0.15, 0.2) is 0 Å². The van der Waals surface area contributed by atoms with Gasteiger partial charge in [-0.2, -0.15) is 0 Å². The normalized spacial score (nSPS) is 12.6. The van der Waals surface area contributed by atoms with Crippen LogP contribution in [0.1, 0.15) is 13.8 Å². The Kier molecular flexibility index (Phi) is 4.07. The molecule has 5 heteroatoms. The predicted molar refractivity (Wildman–Crippen MR) is 38.2 cm³/mol.